The number of nitrogens with zero attached hydrogens (tertiary/aromatic N) is 2. The molecule has 0 spiro atoms. The van der Waals surface area contributed by atoms with E-state index in [0.717, 1.165) is 17.3 Å². The molecule has 0 N–H and O–H groups in total. The molecule has 4 aromatic rings. The van der Waals surface area contributed by atoms with Gasteiger partial charge in [0.2, 0.25) is 0 Å². The molecule has 0 aliphatic heterocycles. The maximum absolute atomic E-state index is 14.7. The summed E-state index contributed by atoms with van der Waals surface area (Å²) >= 11 is 0. The van der Waals surface area contributed by atoms with Crippen molar-refractivity contribution in [2.75, 3.05) is 0 Å². The van der Waals surface area contributed by atoms with Gasteiger partial charge in [-0.05, 0) is 41.5 Å². The number of benzene rings is 2. The van der Waals surface area contributed by atoms with E-state index in [2.05, 4.69) is 23.8 Å². The Hall–Kier alpha value is -3.40. The molecule has 0 saturated heterocycles. The minimum Gasteiger partial charge on any atom is -0.260 e. The Labute approximate surface area is 168 Å². The Kier molecular flexibility index (Phi) is 4.93. The molecule has 144 valence electrons. The summed E-state index contributed by atoms with van der Waals surface area (Å²) in [6.07, 6.45) is 3.35. The monoisotopic (exact) mass is 386 g/mol. The lowest BCUT2D eigenvalue weighted by Crippen LogP contribution is -2.20. The van der Waals surface area contributed by atoms with Gasteiger partial charge in [0, 0.05) is 35.0 Å². The van der Waals surface area contributed by atoms with Gasteiger partial charge in [-0.25, -0.2) is 8.78 Å². The molecule has 0 unspecified atom stereocenters. The second-order valence-corrected chi connectivity index (χ2v) is 7.45. The minimum atomic E-state index is -0.630. The lowest BCUT2D eigenvalue weighted by atomic mass is 9.80. The van der Waals surface area contributed by atoms with Crippen LogP contribution in [0.15, 0.2) is 85.2 Å². The van der Waals surface area contributed by atoms with E-state index in [9.17, 15) is 8.78 Å². The molecule has 4 rings (SSSR count). The van der Waals surface area contributed by atoms with E-state index in [1.807, 2.05) is 42.5 Å². The smallest absolute Gasteiger partial charge is 0.135 e. The van der Waals surface area contributed by atoms with Crippen molar-refractivity contribution in [1.29, 1.82) is 0 Å². The largest absolute Gasteiger partial charge is 0.260 e. The Morgan fingerprint density at radius 2 is 1.41 bits per heavy atom. The number of pyridine rings is 2. The Morgan fingerprint density at radius 3 is 2.10 bits per heavy atom. The topological polar surface area (TPSA) is 25.8 Å². The molecule has 2 aromatic heterocycles. The SMILES string of the molecule is CC(C)(c1cccc(-c2cc(-c3ccccn3)c(F)cc2F)c1)c1ccccn1. The predicted molar refractivity (Wildman–Crippen MR) is 111 cm³/mol. The minimum absolute atomic E-state index is 0.274. The first-order valence-corrected chi connectivity index (χ1v) is 9.39. The molecule has 2 nitrogen and oxygen atoms in total. The zero-order chi connectivity index (χ0) is 20.4. The first kappa shape index (κ1) is 18.9. The summed E-state index contributed by atoms with van der Waals surface area (Å²) in [6, 6.07) is 21.2. The molecule has 4 heteroatoms. The van der Waals surface area contributed by atoms with E-state index in [0.29, 0.717) is 16.8 Å². The van der Waals surface area contributed by atoms with Crippen LogP contribution >= 0.6 is 0 Å². The lowest BCUT2D eigenvalue weighted by molar-refractivity contribution is 0.587. The highest BCUT2D eigenvalue weighted by molar-refractivity contribution is 5.73. The molecule has 29 heavy (non-hydrogen) atoms. The van der Waals surface area contributed by atoms with Crippen LogP contribution in [0.2, 0.25) is 0 Å². The van der Waals surface area contributed by atoms with Gasteiger partial charge in [0.15, 0.2) is 0 Å². The van der Waals surface area contributed by atoms with Crippen LogP contribution in [0, 0.1) is 11.6 Å². The molecule has 0 aliphatic carbocycles. The third kappa shape index (κ3) is 3.66. The second kappa shape index (κ2) is 7.55. The summed E-state index contributed by atoms with van der Waals surface area (Å²) in [5, 5.41) is 0. The molecule has 0 radical (unpaired) electrons. The fourth-order valence-electron chi connectivity index (χ4n) is 3.44. The zero-order valence-electron chi connectivity index (χ0n) is 16.2. The molecule has 0 aliphatic rings. The normalized spacial score (nSPS) is 11.4. The number of hydrogen-bond donors (Lipinski definition) is 0. The number of halogens is 2. The highest BCUT2D eigenvalue weighted by Gasteiger charge is 2.25. The molecule has 0 fully saturated rings. The Bertz CT molecular complexity index is 1140. The number of hydrogen-bond acceptors (Lipinski definition) is 2. The van der Waals surface area contributed by atoms with Gasteiger partial charge in [-0.15, -0.1) is 0 Å². The molecule has 2 heterocycles. The van der Waals surface area contributed by atoms with Gasteiger partial charge in [0.1, 0.15) is 11.6 Å². The molecule has 0 amide bonds. The van der Waals surface area contributed by atoms with Crippen LogP contribution in [0.1, 0.15) is 25.1 Å². The van der Waals surface area contributed by atoms with Crippen molar-refractivity contribution in [3.05, 3.63) is 108 Å². The number of rotatable bonds is 4. The molecular formula is C25H20F2N2. The van der Waals surface area contributed by atoms with Crippen LogP contribution in [-0.4, -0.2) is 9.97 Å². The van der Waals surface area contributed by atoms with Crippen LogP contribution in [0.25, 0.3) is 22.4 Å². The van der Waals surface area contributed by atoms with Crippen molar-refractivity contribution < 1.29 is 8.78 Å². The molecular weight excluding hydrogens is 366 g/mol. The van der Waals surface area contributed by atoms with Crippen molar-refractivity contribution in [1.82, 2.24) is 9.97 Å². The standard InChI is InChI=1S/C25H20F2N2/c1-25(2,24-11-4-6-13-29-24)18-9-7-8-17(14-18)19-15-20(22(27)16-21(19)26)23-10-3-5-12-28-23/h3-16H,1-2H3. The summed E-state index contributed by atoms with van der Waals surface area (Å²) < 4.78 is 29.1. The number of aromatic nitrogens is 2. The average molecular weight is 386 g/mol. The average Bonchev–Trinajstić information content (AvgIpc) is 2.75. The summed E-state index contributed by atoms with van der Waals surface area (Å²) in [5.41, 5.74) is 3.32. The fourth-order valence-corrected chi connectivity index (χ4v) is 3.44. The highest BCUT2D eigenvalue weighted by atomic mass is 19.1. The fraction of sp³-hybridized carbons (Fsp3) is 0.120. The van der Waals surface area contributed by atoms with Crippen molar-refractivity contribution in [3.8, 4) is 22.4 Å². The van der Waals surface area contributed by atoms with Crippen molar-refractivity contribution in [3.63, 3.8) is 0 Å². The van der Waals surface area contributed by atoms with Gasteiger partial charge >= 0.3 is 0 Å². The van der Waals surface area contributed by atoms with E-state index in [4.69, 9.17) is 0 Å². The lowest BCUT2D eigenvalue weighted by Gasteiger charge is -2.25. The summed E-state index contributed by atoms with van der Waals surface area (Å²) in [4.78, 5) is 8.68. The third-order valence-electron chi connectivity index (χ3n) is 5.20. The van der Waals surface area contributed by atoms with Crippen molar-refractivity contribution in [2.24, 2.45) is 0 Å². The van der Waals surface area contributed by atoms with Gasteiger partial charge in [0.05, 0.1) is 11.4 Å². The molecule has 2 aromatic carbocycles. The van der Waals surface area contributed by atoms with E-state index in [1.165, 1.54) is 6.07 Å². The summed E-state index contributed by atoms with van der Waals surface area (Å²) in [6.45, 7) is 4.16. The van der Waals surface area contributed by atoms with Gasteiger partial charge in [-0.2, -0.15) is 0 Å². The van der Waals surface area contributed by atoms with Gasteiger partial charge in [0.25, 0.3) is 0 Å². The summed E-state index contributed by atoms with van der Waals surface area (Å²) in [5.74, 6) is -1.23. The van der Waals surface area contributed by atoms with Crippen molar-refractivity contribution >= 4 is 0 Å². The van der Waals surface area contributed by atoms with Crippen LogP contribution in [0.5, 0.6) is 0 Å². The van der Waals surface area contributed by atoms with Gasteiger partial charge in [-0.1, -0.05) is 50.2 Å². The first-order valence-electron chi connectivity index (χ1n) is 9.39. The van der Waals surface area contributed by atoms with Crippen LogP contribution in [0.3, 0.4) is 0 Å². The van der Waals surface area contributed by atoms with Gasteiger partial charge in [-0.3, -0.25) is 9.97 Å². The van der Waals surface area contributed by atoms with E-state index in [-0.39, 0.29) is 11.0 Å². The zero-order valence-corrected chi connectivity index (χ0v) is 16.2. The third-order valence-corrected chi connectivity index (χ3v) is 5.20. The Balaban J connectivity index is 1.82. The summed E-state index contributed by atoms with van der Waals surface area (Å²) in [7, 11) is 0. The molecule has 0 bridgehead atoms. The van der Waals surface area contributed by atoms with Crippen LogP contribution < -0.4 is 0 Å². The maximum Gasteiger partial charge on any atom is 0.135 e. The maximum atomic E-state index is 14.7. The predicted octanol–water partition coefficient (Wildman–Crippen LogP) is 6.41. The quantitative estimate of drug-likeness (QED) is 0.405. The molecule has 0 atom stereocenters. The first-order chi connectivity index (χ1) is 14.0. The van der Waals surface area contributed by atoms with E-state index < -0.39 is 11.6 Å². The van der Waals surface area contributed by atoms with Gasteiger partial charge < -0.3 is 0 Å². The molecule has 0 saturated carbocycles. The van der Waals surface area contributed by atoms with E-state index in [1.54, 1.807) is 30.6 Å². The second-order valence-electron chi connectivity index (χ2n) is 7.45. The van der Waals surface area contributed by atoms with Crippen LogP contribution in [0.4, 0.5) is 8.78 Å². The van der Waals surface area contributed by atoms with Crippen LogP contribution in [-0.2, 0) is 5.41 Å². The van der Waals surface area contributed by atoms with E-state index >= 15 is 0 Å². The van der Waals surface area contributed by atoms with Crippen molar-refractivity contribution in [2.45, 2.75) is 19.3 Å². The Morgan fingerprint density at radius 1 is 0.690 bits per heavy atom. The highest BCUT2D eigenvalue weighted by Crippen LogP contribution is 2.35.